The Labute approximate surface area is 161 Å². The molecule has 4 aromatic rings. The summed E-state index contributed by atoms with van der Waals surface area (Å²) in [5.74, 6) is 0.344. The Morgan fingerprint density at radius 2 is 2.00 bits per heavy atom. The number of aromatic amines is 1. The summed E-state index contributed by atoms with van der Waals surface area (Å²) in [7, 11) is 1.54. The predicted molar refractivity (Wildman–Crippen MR) is 104 cm³/mol. The smallest absolute Gasteiger partial charge is 0.226 e. The van der Waals surface area contributed by atoms with Crippen LogP contribution in [0.5, 0.6) is 5.88 Å². The minimum absolute atomic E-state index is 0.343. The van der Waals surface area contributed by atoms with Gasteiger partial charge in [-0.2, -0.15) is 4.39 Å². The highest BCUT2D eigenvalue weighted by molar-refractivity contribution is 5.85. The van der Waals surface area contributed by atoms with Crippen LogP contribution >= 0.6 is 0 Å². The van der Waals surface area contributed by atoms with E-state index in [-0.39, 0.29) is 0 Å². The highest BCUT2D eigenvalue weighted by Gasteiger charge is 2.14. The zero-order valence-corrected chi connectivity index (χ0v) is 15.5. The zero-order valence-electron chi connectivity index (χ0n) is 15.5. The average molecular weight is 378 g/mol. The van der Waals surface area contributed by atoms with E-state index in [1.165, 1.54) is 6.33 Å². The molecule has 0 saturated carbocycles. The van der Waals surface area contributed by atoms with Gasteiger partial charge < -0.3 is 15.0 Å². The zero-order chi connectivity index (χ0) is 19.5. The lowest BCUT2D eigenvalue weighted by molar-refractivity contribution is 0.402. The van der Waals surface area contributed by atoms with Gasteiger partial charge in [-0.3, -0.25) is 4.98 Å². The monoisotopic (exact) mass is 378 g/mol. The van der Waals surface area contributed by atoms with Crippen molar-refractivity contribution in [3.63, 3.8) is 0 Å². The number of hydrogen-bond acceptors (Lipinski definition) is 6. The molecule has 0 aromatic carbocycles. The molecule has 4 aromatic heterocycles. The number of anilines is 2. The molecular weight excluding hydrogens is 359 g/mol. The number of aryl methyl sites for hydroxylation is 1. The van der Waals surface area contributed by atoms with E-state index in [1.54, 1.807) is 31.6 Å². The van der Waals surface area contributed by atoms with Crippen molar-refractivity contribution in [3.05, 3.63) is 65.8 Å². The van der Waals surface area contributed by atoms with Crippen molar-refractivity contribution in [2.45, 2.75) is 19.8 Å². The molecule has 0 aliphatic carbocycles. The number of nitrogens with zero attached hydrogens (tertiary/aromatic N) is 4. The summed E-state index contributed by atoms with van der Waals surface area (Å²) in [5.41, 5.74) is 3.72. The quantitative estimate of drug-likeness (QED) is 0.496. The number of H-pyrrole nitrogens is 1. The Morgan fingerprint density at radius 3 is 2.71 bits per heavy atom. The van der Waals surface area contributed by atoms with Gasteiger partial charge in [-0.25, -0.2) is 15.0 Å². The van der Waals surface area contributed by atoms with E-state index >= 15 is 0 Å². The molecule has 0 aliphatic rings. The van der Waals surface area contributed by atoms with Crippen molar-refractivity contribution in [2.24, 2.45) is 0 Å². The maximum atomic E-state index is 14.6. The molecule has 8 heteroatoms. The summed E-state index contributed by atoms with van der Waals surface area (Å²) in [5, 5.41) is 3.81. The molecule has 0 bridgehead atoms. The van der Waals surface area contributed by atoms with E-state index < -0.39 is 5.95 Å². The number of rotatable bonds is 6. The van der Waals surface area contributed by atoms with Gasteiger partial charge in [0, 0.05) is 23.9 Å². The van der Waals surface area contributed by atoms with E-state index in [9.17, 15) is 4.39 Å². The van der Waals surface area contributed by atoms with Crippen LogP contribution in [-0.2, 0) is 12.8 Å². The van der Waals surface area contributed by atoms with E-state index in [4.69, 9.17) is 4.74 Å². The first kappa shape index (κ1) is 17.8. The molecule has 0 unspecified atom stereocenters. The van der Waals surface area contributed by atoms with Crippen molar-refractivity contribution in [1.29, 1.82) is 0 Å². The van der Waals surface area contributed by atoms with Gasteiger partial charge in [0.25, 0.3) is 0 Å². The summed E-state index contributed by atoms with van der Waals surface area (Å²) in [4.78, 5) is 19.7. The third-order valence-corrected chi connectivity index (χ3v) is 4.48. The van der Waals surface area contributed by atoms with Gasteiger partial charge in [-0.15, -0.1) is 0 Å². The predicted octanol–water partition coefficient (Wildman–Crippen LogP) is 3.79. The lowest BCUT2D eigenvalue weighted by atomic mass is 10.1. The fourth-order valence-corrected chi connectivity index (χ4v) is 3.02. The van der Waals surface area contributed by atoms with Gasteiger partial charge in [-0.05, 0) is 30.2 Å². The minimum atomic E-state index is -0.534. The Bertz CT molecular complexity index is 1110. The molecule has 7 nitrogen and oxygen atoms in total. The van der Waals surface area contributed by atoms with Crippen molar-refractivity contribution in [2.75, 3.05) is 12.4 Å². The van der Waals surface area contributed by atoms with Gasteiger partial charge in [-0.1, -0.05) is 13.0 Å². The second kappa shape index (κ2) is 7.59. The topological polar surface area (TPSA) is 88.6 Å². The molecule has 0 radical (unpaired) electrons. The van der Waals surface area contributed by atoms with Gasteiger partial charge in [0.05, 0.1) is 24.4 Å². The summed E-state index contributed by atoms with van der Waals surface area (Å²) in [6, 6.07) is 7.29. The molecule has 0 amide bonds. The Kier molecular flexibility index (Phi) is 4.84. The standard InChI is InChI=1S/C20H19FN6O/c1-3-14-5-6-15(10-22-14)26-16-7-4-12(18(21)27-16)8-13-9-23-19-17(13)20(28-2)25-11-24-19/h4-7,9-11H,3,8H2,1-2H3,(H,26,27)(H,23,24,25). The molecule has 28 heavy (non-hydrogen) atoms. The first-order chi connectivity index (χ1) is 13.7. The van der Waals surface area contributed by atoms with Crippen molar-refractivity contribution >= 4 is 22.5 Å². The second-order valence-electron chi connectivity index (χ2n) is 6.26. The fraction of sp³-hybridized carbons (Fsp3) is 0.200. The minimum Gasteiger partial charge on any atom is -0.480 e. The summed E-state index contributed by atoms with van der Waals surface area (Å²) in [6.07, 6.45) is 6.13. The highest BCUT2D eigenvalue weighted by Crippen LogP contribution is 2.27. The first-order valence-corrected chi connectivity index (χ1v) is 8.90. The van der Waals surface area contributed by atoms with Crippen LogP contribution in [0.15, 0.2) is 43.0 Å². The van der Waals surface area contributed by atoms with E-state index in [0.29, 0.717) is 29.3 Å². The number of methoxy groups -OCH3 is 1. The number of halogens is 1. The SMILES string of the molecule is CCc1ccc(Nc2ccc(Cc3c[nH]c4ncnc(OC)c34)c(F)n2)cn1. The molecule has 0 aliphatic heterocycles. The highest BCUT2D eigenvalue weighted by atomic mass is 19.1. The summed E-state index contributed by atoms with van der Waals surface area (Å²) >= 11 is 0. The van der Waals surface area contributed by atoms with Crippen LogP contribution in [0.1, 0.15) is 23.7 Å². The van der Waals surface area contributed by atoms with Crippen LogP contribution in [0, 0.1) is 5.95 Å². The van der Waals surface area contributed by atoms with Gasteiger partial charge in [0.2, 0.25) is 11.8 Å². The van der Waals surface area contributed by atoms with Crippen molar-refractivity contribution < 1.29 is 9.13 Å². The van der Waals surface area contributed by atoms with Gasteiger partial charge >= 0.3 is 0 Å². The Hall–Kier alpha value is -3.55. The first-order valence-electron chi connectivity index (χ1n) is 8.90. The van der Waals surface area contributed by atoms with Crippen LogP contribution in [0.25, 0.3) is 11.0 Å². The second-order valence-corrected chi connectivity index (χ2v) is 6.26. The number of nitrogens with one attached hydrogen (secondary N) is 2. The molecule has 0 atom stereocenters. The Balaban J connectivity index is 1.57. The van der Waals surface area contributed by atoms with Crippen LogP contribution in [0.2, 0.25) is 0 Å². The van der Waals surface area contributed by atoms with Crippen molar-refractivity contribution in [1.82, 2.24) is 24.9 Å². The number of aromatic nitrogens is 5. The van der Waals surface area contributed by atoms with Crippen molar-refractivity contribution in [3.8, 4) is 5.88 Å². The largest absolute Gasteiger partial charge is 0.480 e. The molecule has 2 N–H and O–H groups in total. The Morgan fingerprint density at radius 1 is 1.11 bits per heavy atom. The third-order valence-electron chi connectivity index (χ3n) is 4.48. The van der Waals surface area contributed by atoms with E-state index in [2.05, 4.69) is 30.2 Å². The number of fused-ring (bicyclic) bond motifs is 1. The molecule has 142 valence electrons. The average Bonchev–Trinajstić information content (AvgIpc) is 3.13. The summed E-state index contributed by atoms with van der Waals surface area (Å²) in [6.45, 7) is 2.04. The van der Waals surface area contributed by atoms with E-state index in [1.807, 2.05) is 19.1 Å². The third kappa shape index (κ3) is 3.48. The molecule has 0 spiro atoms. The van der Waals surface area contributed by atoms with Crippen LogP contribution in [0.3, 0.4) is 0 Å². The van der Waals surface area contributed by atoms with E-state index in [0.717, 1.165) is 28.8 Å². The fourth-order valence-electron chi connectivity index (χ4n) is 3.02. The van der Waals surface area contributed by atoms with Crippen LogP contribution in [-0.4, -0.2) is 32.0 Å². The molecule has 4 rings (SSSR count). The molecule has 0 fully saturated rings. The lowest BCUT2D eigenvalue weighted by Gasteiger charge is -2.08. The normalized spacial score (nSPS) is 11.0. The van der Waals surface area contributed by atoms with Crippen LogP contribution < -0.4 is 10.1 Å². The number of hydrogen-bond donors (Lipinski definition) is 2. The van der Waals surface area contributed by atoms with Gasteiger partial charge in [0.1, 0.15) is 17.8 Å². The maximum Gasteiger partial charge on any atom is 0.226 e. The molecular formula is C20H19FN6O. The maximum absolute atomic E-state index is 14.6. The van der Waals surface area contributed by atoms with Crippen LogP contribution in [0.4, 0.5) is 15.9 Å². The lowest BCUT2D eigenvalue weighted by Crippen LogP contribution is -2.01. The molecule has 0 saturated heterocycles. The number of pyridine rings is 2. The molecule has 4 heterocycles. The summed E-state index contributed by atoms with van der Waals surface area (Å²) < 4.78 is 19.9. The number of ether oxygens (including phenoxy) is 1. The van der Waals surface area contributed by atoms with Gasteiger partial charge in [0.15, 0.2) is 0 Å².